The molecular weight excluding hydrogens is 387 g/mol. The highest BCUT2D eigenvalue weighted by atomic mass is 19.4. The van der Waals surface area contributed by atoms with Crippen LogP contribution in [0, 0.1) is 6.92 Å². The molecule has 1 atom stereocenters. The smallest absolute Gasteiger partial charge is 0.418 e. The van der Waals surface area contributed by atoms with Crippen molar-refractivity contribution in [1.82, 2.24) is 0 Å². The van der Waals surface area contributed by atoms with Crippen LogP contribution in [0.2, 0.25) is 0 Å². The number of hydrogen-bond acceptors (Lipinski definition) is 3. The van der Waals surface area contributed by atoms with E-state index >= 15 is 0 Å². The molecule has 2 aromatic carbocycles. The summed E-state index contributed by atoms with van der Waals surface area (Å²) in [6.07, 6.45) is -4.57. The number of nitrogens with one attached hydrogen (secondary N) is 3. The molecule has 0 spiro atoms. The minimum absolute atomic E-state index is 0.0502. The van der Waals surface area contributed by atoms with Crippen LogP contribution >= 0.6 is 0 Å². The number of anilines is 2. The van der Waals surface area contributed by atoms with E-state index in [0.717, 1.165) is 11.6 Å². The third kappa shape index (κ3) is 6.49. The number of carbonyl (C=O) groups is 2. The summed E-state index contributed by atoms with van der Waals surface area (Å²) >= 11 is 0. The van der Waals surface area contributed by atoms with Crippen molar-refractivity contribution in [3.8, 4) is 5.75 Å². The third-order valence-electron chi connectivity index (χ3n) is 4.06. The Bertz CT molecular complexity index is 885. The molecule has 0 fully saturated rings. The van der Waals surface area contributed by atoms with Crippen LogP contribution in [0.4, 0.5) is 24.5 Å². The Morgan fingerprint density at radius 2 is 1.59 bits per heavy atom. The number of ether oxygens (including phenoxy) is 1. The normalized spacial score (nSPS) is 12.2. The van der Waals surface area contributed by atoms with Gasteiger partial charge in [0.15, 0.2) is 13.1 Å². The minimum Gasteiger partial charge on any atom is -0.495 e. The van der Waals surface area contributed by atoms with Crippen molar-refractivity contribution in [2.24, 2.45) is 0 Å². The lowest BCUT2D eigenvalue weighted by molar-refractivity contribution is -0.862. The zero-order valence-electron chi connectivity index (χ0n) is 16.3. The standard InChI is InChI=1S/C20H22F3N3O3/c1-13-8-9-17(29-3)16(10-13)25-19(28)12-26(2)11-18(27)24-15-7-5-4-6-14(15)20(21,22)23/h4-10H,11-12H2,1-3H3,(H,24,27)(H,25,28)/p+1. The van der Waals surface area contributed by atoms with E-state index in [1.807, 2.05) is 13.0 Å². The summed E-state index contributed by atoms with van der Waals surface area (Å²) in [7, 11) is 3.09. The van der Waals surface area contributed by atoms with E-state index in [4.69, 9.17) is 4.74 Å². The fourth-order valence-electron chi connectivity index (χ4n) is 2.76. The number of benzene rings is 2. The number of rotatable bonds is 7. The first-order valence-electron chi connectivity index (χ1n) is 8.82. The summed E-state index contributed by atoms with van der Waals surface area (Å²) in [5.74, 6) is -0.474. The van der Waals surface area contributed by atoms with Gasteiger partial charge in [-0.1, -0.05) is 18.2 Å². The van der Waals surface area contributed by atoms with E-state index < -0.39 is 17.6 Å². The second kappa shape index (κ2) is 9.42. The molecule has 29 heavy (non-hydrogen) atoms. The van der Waals surface area contributed by atoms with Gasteiger partial charge in [-0.3, -0.25) is 9.59 Å². The zero-order valence-corrected chi connectivity index (χ0v) is 16.3. The van der Waals surface area contributed by atoms with Crippen LogP contribution in [0.1, 0.15) is 11.1 Å². The van der Waals surface area contributed by atoms with Gasteiger partial charge in [0.05, 0.1) is 31.1 Å². The van der Waals surface area contributed by atoms with Gasteiger partial charge in [-0.05, 0) is 36.8 Å². The van der Waals surface area contributed by atoms with Crippen LogP contribution in [-0.4, -0.2) is 39.1 Å². The summed E-state index contributed by atoms with van der Waals surface area (Å²) in [4.78, 5) is 24.9. The van der Waals surface area contributed by atoms with Gasteiger partial charge in [0.25, 0.3) is 11.8 Å². The lowest BCUT2D eigenvalue weighted by Crippen LogP contribution is -3.11. The monoisotopic (exact) mass is 410 g/mol. The number of methoxy groups -OCH3 is 1. The largest absolute Gasteiger partial charge is 0.495 e. The molecule has 2 rings (SSSR count). The van der Waals surface area contributed by atoms with E-state index in [1.165, 1.54) is 25.3 Å². The Hall–Kier alpha value is -3.07. The number of carbonyl (C=O) groups excluding carboxylic acids is 2. The van der Waals surface area contributed by atoms with E-state index in [-0.39, 0.29) is 24.7 Å². The van der Waals surface area contributed by atoms with Crippen LogP contribution in [-0.2, 0) is 15.8 Å². The molecule has 2 amide bonds. The number of hydrogen-bond donors (Lipinski definition) is 3. The van der Waals surface area contributed by atoms with Crippen molar-refractivity contribution in [2.75, 3.05) is 37.9 Å². The van der Waals surface area contributed by atoms with Gasteiger partial charge in [0, 0.05) is 0 Å². The van der Waals surface area contributed by atoms with Crippen LogP contribution in [0.3, 0.4) is 0 Å². The Morgan fingerprint density at radius 1 is 1.00 bits per heavy atom. The number of amides is 2. The van der Waals surface area contributed by atoms with Crippen molar-refractivity contribution < 1.29 is 32.4 Å². The summed E-state index contributed by atoms with van der Waals surface area (Å²) in [5, 5.41) is 4.99. The first kappa shape index (κ1) is 22.2. The summed E-state index contributed by atoms with van der Waals surface area (Å²) < 4.78 is 44.2. The van der Waals surface area contributed by atoms with Crippen molar-refractivity contribution in [3.05, 3.63) is 53.6 Å². The van der Waals surface area contributed by atoms with E-state index in [0.29, 0.717) is 16.3 Å². The SMILES string of the molecule is COc1ccc(C)cc1NC(=O)C[NH+](C)CC(=O)Nc1ccccc1C(F)(F)F. The molecule has 3 N–H and O–H groups in total. The average Bonchev–Trinajstić information content (AvgIpc) is 2.61. The van der Waals surface area contributed by atoms with Crippen molar-refractivity contribution in [2.45, 2.75) is 13.1 Å². The molecule has 0 aromatic heterocycles. The van der Waals surface area contributed by atoms with Gasteiger partial charge in [-0.2, -0.15) is 13.2 Å². The number of quaternary nitrogens is 1. The lowest BCUT2D eigenvalue weighted by atomic mass is 10.1. The van der Waals surface area contributed by atoms with Crippen LogP contribution in [0.15, 0.2) is 42.5 Å². The van der Waals surface area contributed by atoms with E-state index in [1.54, 1.807) is 19.2 Å². The predicted octanol–water partition coefficient (Wildman–Crippen LogP) is 2.11. The highest BCUT2D eigenvalue weighted by Crippen LogP contribution is 2.34. The lowest BCUT2D eigenvalue weighted by Gasteiger charge is -2.16. The number of alkyl halides is 3. The van der Waals surface area contributed by atoms with Gasteiger partial charge < -0.3 is 20.3 Å². The molecule has 0 aliphatic heterocycles. The number of para-hydroxylation sites is 1. The topological polar surface area (TPSA) is 71.9 Å². The minimum atomic E-state index is -4.57. The molecule has 0 saturated carbocycles. The Kier molecular flexibility index (Phi) is 7.22. The summed E-state index contributed by atoms with van der Waals surface area (Å²) in [6.45, 7) is 1.64. The summed E-state index contributed by atoms with van der Waals surface area (Å²) in [6, 6.07) is 10.1. The maximum Gasteiger partial charge on any atom is 0.418 e. The molecule has 0 bridgehead atoms. The molecule has 156 valence electrons. The molecular formula is C20H23F3N3O3+. The zero-order chi connectivity index (χ0) is 21.6. The van der Waals surface area contributed by atoms with Crippen LogP contribution < -0.4 is 20.3 Å². The van der Waals surface area contributed by atoms with Crippen molar-refractivity contribution in [1.29, 1.82) is 0 Å². The number of likely N-dealkylation sites (N-methyl/N-ethyl adjacent to an activating group) is 1. The second-order valence-electron chi connectivity index (χ2n) is 6.65. The Morgan fingerprint density at radius 3 is 2.17 bits per heavy atom. The third-order valence-corrected chi connectivity index (χ3v) is 4.06. The van der Waals surface area contributed by atoms with Gasteiger partial charge >= 0.3 is 6.18 Å². The molecule has 0 aliphatic rings. The number of aryl methyl sites for hydroxylation is 1. The van der Waals surface area contributed by atoms with Gasteiger partial charge in [0.1, 0.15) is 5.75 Å². The molecule has 2 aromatic rings. The molecule has 0 saturated heterocycles. The quantitative estimate of drug-likeness (QED) is 0.655. The molecule has 0 radical (unpaired) electrons. The Balaban J connectivity index is 1.94. The molecule has 6 nitrogen and oxygen atoms in total. The molecule has 0 aliphatic carbocycles. The number of halogens is 3. The average molecular weight is 410 g/mol. The fourth-order valence-corrected chi connectivity index (χ4v) is 2.76. The predicted molar refractivity (Wildman–Crippen MR) is 103 cm³/mol. The maximum atomic E-state index is 13.0. The second-order valence-corrected chi connectivity index (χ2v) is 6.65. The molecule has 9 heteroatoms. The van der Waals surface area contributed by atoms with E-state index in [2.05, 4.69) is 10.6 Å². The van der Waals surface area contributed by atoms with Crippen molar-refractivity contribution in [3.63, 3.8) is 0 Å². The van der Waals surface area contributed by atoms with Crippen molar-refractivity contribution >= 4 is 23.2 Å². The maximum absolute atomic E-state index is 13.0. The van der Waals surface area contributed by atoms with Gasteiger partial charge in [0.2, 0.25) is 0 Å². The molecule has 1 unspecified atom stereocenters. The summed E-state index contributed by atoms with van der Waals surface area (Å²) in [5.41, 5.74) is 0.209. The fraction of sp³-hybridized carbons (Fsp3) is 0.300. The Labute approximate surface area is 166 Å². The first-order chi connectivity index (χ1) is 13.6. The highest BCUT2D eigenvalue weighted by molar-refractivity contribution is 5.94. The van der Waals surface area contributed by atoms with Gasteiger partial charge in [-0.15, -0.1) is 0 Å². The highest BCUT2D eigenvalue weighted by Gasteiger charge is 2.33. The van der Waals surface area contributed by atoms with Crippen LogP contribution in [0.5, 0.6) is 5.75 Å². The molecule has 0 heterocycles. The van der Waals surface area contributed by atoms with Gasteiger partial charge in [-0.25, -0.2) is 0 Å². The van der Waals surface area contributed by atoms with Crippen LogP contribution in [0.25, 0.3) is 0 Å². The van der Waals surface area contributed by atoms with E-state index in [9.17, 15) is 22.8 Å². The first-order valence-corrected chi connectivity index (χ1v) is 8.82.